The van der Waals surface area contributed by atoms with Gasteiger partial charge in [0.25, 0.3) is 0 Å². The van der Waals surface area contributed by atoms with E-state index in [0.29, 0.717) is 0 Å². The van der Waals surface area contributed by atoms with Crippen molar-refractivity contribution in [1.29, 1.82) is 0 Å². The molecule has 0 bridgehead atoms. The van der Waals surface area contributed by atoms with Gasteiger partial charge in [0.1, 0.15) is 12.3 Å². The third kappa shape index (κ3) is 3.44. The number of amides is 1. The molecule has 0 radical (unpaired) electrons. The van der Waals surface area contributed by atoms with Gasteiger partial charge in [0.2, 0.25) is 5.91 Å². The van der Waals surface area contributed by atoms with Gasteiger partial charge < -0.3 is 14.4 Å². The molecule has 1 atom stereocenters. The maximum atomic E-state index is 13.1. The molecule has 3 aromatic carbocycles. The first-order valence-electron chi connectivity index (χ1n) is 9.74. The molecule has 0 N–H and O–H groups in total. The number of anilines is 1. The summed E-state index contributed by atoms with van der Waals surface area (Å²) in [6.07, 6.45) is 0.265. The number of benzene rings is 3. The summed E-state index contributed by atoms with van der Waals surface area (Å²) in [5.74, 6) is 0.0914. The van der Waals surface area contributed by atoms with E-state index in [1.54, 1.807) is 18.9 Å². The zero-order chi connectivity index (χ0) is 20.4. The minimum Gasteiger partial charge on any atom is -0.496 e. The molecule has 29 heavy (non-hydrogen) atoms. The van der Waals surface area contributed by atoms with E-state index in [9.17, 15) is 9.59 Å². The van der Waals surface area contributed by atoms with Crippen molar-refractivity contribution in [1.82, 2.24) is 0 Å². The van der Waals surface area contributed by atoms with E-state index in [0.717, 1.165) is 33.3 Å². The molecule has 1 amide bonds. The number of carbonyl (C=O) groups excluding carboxylic acids is 2. The lowest BCUT2D eigenvalue weighted by Crippen LogP contribution is -2.41. The van der Waals surface area contributed by atoms with Crippen LogP contribution in [0, 0.1) is 0 Å². The topological polar surface area (TPSA) is 55.8 Å². The fourth-order valence-corrected chi connectivity index (χ4v) is 4.14. The average molecular weight is 389 g/mol. The summed E-state index contributed by atoms with van der Waals surface area (Å²) in [7, 11) is 1.64. The van der Waals surface area contributed by atoms with Crippen LogP contribution in [0.4, 0.5) is 5.69 Å². The maximum Gasteiger partial charge on any atom is 0.326 e. The first kappa shape index (κ1) is 19.0. The van der Waals surface area contributed by atoms with E-state index in [2.05, 4.69) is 12.1 Å². The normalized spacial score (nSPS) is 15.9. The van der Waals surface area contributed by atoms with Crippen LogP contribution in [0.2, 0.25) is 0 Å². The predicted molar refractivity (Wildman–Crippen MR) is 112 cm³/mol. The predicted octanol–water partition coefficient (Wildman–Crippen LogP) is 4.28. The standard InChI is InChI=1S/C24H23NO4/c1-3-29-23(27)15-25-20-13-12-16-8-4-5-9-17(16)24(20)19(14-22(25)26)18-10-6-7-11-21(18)28-2/h4-13,19H,3,14-15H2,1-2H3. The molecule has 3 aromatic rings. The molecular weight excluding hydrogens is 366 g/mol. The van der Waals surface area contributed by atoms with Crippen LogP contribution < -0.4 is 9.64 Å². The Hall–Kier alpha value is -3.34. The van der Waals surface area contributed by atoms with Crippen LogP contribution in [-0.4, -0.2) is 32.1 Å². The van der Waals surface area contributed by atoms with Crippen LogP contribution in [0.1, 0.15) is 30.4 Å². The highest BCUT2D eigenvalue weighted by Crippen LogP contribution is 2.46. The Bertz CT molecular complexity index is 1080. The van der Waals surface area contributed by atoms with Crippen LogP contribution in [0.3, 0.4) is 0 Å². The minimum atomic E-state index is -0.407. The molecule has 4 rings (SSSR count). The van der Waals surface area contributed by atoms with Crippen LogP contribution in [0.15, 0.2) is 60.7 Å². The highest BCUT2D eigenvalue weighted by Gasteiger charge is 2.35. The summed E-state index contributed by atoms with van der Waals surface area (Å²) in [4.78, 5) is 26.8. The van der Waals surface area contributed by atoms with E-state index in [1.807, 2.05) is 48.5 Å². The SMILES string of the molecule is CCOC(=O)CN1C(=O)CC(c2ccccc2OC)c2c1ccc1ccccc21. The Morgan fingerprint density at radius 3 is 2.62 bits per heavy atom. The highest BCUT2D eigenvalue weighted by molar-refractivity contribution is 6.05. The third-order valence-corrected chi connectivity index (χ3v) is 5.37. The first-order chi connectivity index (χ1) is 14.1. The van der Waals surface area contributed by atoms with Crippen molar-refractivity contribution < 1.29 is 19.1 Å². The van der Waals surface area contributed by atoms with Gasteiger partial charge in [-0.05, 0) is 35.4 Å². The van der Waals surface area contributed by atoms with Crippen molar-refractivity contribution in [2.75, 3.05) is 25.2 Å². The third-order valence-electron chi connectivity index (χ3n) is 5.37. The molecular formula is C24H23NO4. The fourth-order valence-electron chi connectivity index (χ4n) is 4.14. The summed E-state index contributed by atoms with van der Waals surface area (Å²) >= 11 is 0. The molecule has 0 saturated heterocycles. The van der Waals surface area contributed by atoms with Gasteiger partial charge in [-0.2, -0.15) is 0 Å². The van der Waals surface area contributed by atoms with Crippen LogP contribution in [-0.2, 0) is 14.3 Å². The van der Waals surface area contributed by atoms with Crippen LogP contribution >= 0.6 is 0 Å². The van der Waals surface area contributed by atoms with E-state index in [-0.39, 0.29) is 31.4 Å². The molecule has 5 heteroatoms. The van der Waals surface area contributed by atoms with Crippen molar-refractivity contribution in [3.05, 3.63) is 71.8 Å². The molecule has 5 nitrogen and oxygen atoms in total. The lowest BCUT2D eigenvalue weighted by molar-refractivity contribution is -0.142. The number of nitrogens with zero attached hydrogens (tertiary/aromatic N) is 1. The molecule has 148 valence electrons. The van der Waals surface area contributed by atoms with Gasteiger partial charge in [-0.15, -0.1) is 0 Å². The number of methoxy groups -OCH3 is 1. The second-order valence-electron chi connectivity index (χ2n) is 7.00. The van der Waals surface area contributed by atoms with Crippen molar-refractivity contribution in [3.63, 3.8) is 0 Å². The van der Waals surface area contributed by atoms with E-state index in [1.165, 1.54) is 0 Å². The van der Waals surface area contributed by atoms with Crippen LogP contribution in [0.5, 0.6) is 5.75 Å². The highest BCUT2D eigenvalue weighted by atomic mass is 16.5. The quantitative estimate of drug-likeness (QED) is 0.611. The lowest BCUT2D eigenvalue weighted by atomic mass is 9.81. The second kappa shape index (κ2) is 7.95. The average Bonchev–Trinajstić information content (AvgIpc) is 2.75. The molecule has 0 aromatic heterocycles. The molecule has 1 aliphatic heterocycles. The Morgan fingerprint density at radius 2 is 1.83 bits per heavy atom. The Balaban J connectivity index is 1.91. The number of para-hydroxylation sites is 1. The zero-order valence-corrected chi connectivity index (χ0v) is 16.6. The van der Waals surface area contributed by atoms with Gasteiger partial charge in [-0.3, -0.25) is 9.59 Å². The number of hydrogen-bond donors (Lipinski definition) is 0. The first-order valence-corrected chi connectivity index (χ1v) is 9.74. The molecule has 1 unspecified atom stereocenters. The number of carbonyl (C=O) groups is 2. The number of rotatable bonds is 5. The number of ether oxygens (including phenoxy) is 2. The molecule has 0 saturated carbocycles. The Kier molecular flexibility index (Phi) is 5.21. The van der Waals surface area contributed by atoms with Gasteiger partial charge in [0.05, 0.1) is 13.7 Å². The number of hydrogen-bond acceptors (Lipinski definition) is 4. The lowest BCUT2D eigenvalue weighted by Gasteiger charge is -2.35. The molecule has 1 aliphatic rings. The van der Waals surface area contributed by atoms with Gasteiger partial charge in [-0.1, -0.05) is 48.5 Å². The van der Waals surface area contributed by atoms with Gasteiger partial charge in [-0.25, -0.2) is 0 Å². The van der Waals surface area contributed by atoms with Crippen molar-refractivity contribution in [2.24, 2.45) is 0 Å². The van der Waals surface area contributed by atoms with E-state index < -0.39 is 5.97 Å². The minimum absolute atomic E-state index is 0.0866. The molecule has 0 fully saturated rings. The largest absolute Gasteiger partial charge is 0.496 e. The van der Waals surface area contributed by atoms with Crippen molar-refractivity contribution in [3.8, 4) is 5.75 Å². The number of esters is 1. The summed E-state index contributed by atoms with van der Waals surface area (Å²) < 4.78 is 10.7. The summed E-state index contributed by atoms with van der Waals surface area (Å²) in [5, 5.41) is 2.17. The summed E-state index contributed by atoms with van der Waals surface area (Å²) in [6.45, 7) is 1.96. The Labute approximate surface area is 169 Å². The van der Waals surface area contributed by atoms with Gasteiger partial charge in [0, 0.05) is 23.6 Å². The second-order valence-corrected chi connectivity index (χ2v) is 7.00. The monoisotopic (exact) mass is 389 g/mol. The van der Waals surface area contributed by atoms with E-state index in [4.69, 9.17) is 9.47 Å². The zero-order valence-electron chi connectivity index (χ0n) is 16.6. The summed E-state index contributed by atoms with van der Waals surface area (Å²) in [5.41, 5.74) is 2.76. The number of fused-ring (bicyclic) bond motifs is 3. The van der Waals surface area contributed by atoms with Gasteiger partial charge in [0.15, 0.2) is 0 Å². The molecule has 0 spiro atoms. The van der Waals surface area contributed by atoms with Crippen molar-refractivity contribution >= 4 is 28.3 Å². The van der Waals surface area contributed by atoms with Crippen LogP contribution in [0.25, 0.3) is 10.8 Å². The summed E-state index contributed by atoms with van der Waals surface area (Å²) in [6, 6.07) is 19.8. The smallest absolute Gasteiger partial charge is 0.326 e. The molecule has 1 heterocycles. The van der Waals surface area contributed by atoms with E-state index >= 15 is 0 Å². The van der Waals surface area contributed by atoms with Gasteiger partial charge >= 0.3 is 5.97 Å². The Morgan fingerprint density at radius 1 is 1.07 bits per heavy atom. The maximum absolute atomic E-state index is 13.1. The fraction of sp³-hybridized carbons (Fsp3) is 0.250. The molecule has 0 aliphatic carbocycles. The van der Waals surface area contributed by atoms with Crippen molar-refractivity contribution in [2.45, 2.75) is 19.3 Å².